The third-order valence-corrected chi connectivity index (χ3v) is 7.11. The monoisotopic (exact) mass is 488 g/mol. The predicted octanol–water partition coefficient (Wildman–Crippen LogP) is 1.45. The molecule has 10 nitrogen and oxygen atoms in total. The molecule has 0 spiro atoms. The number of primary sulfonamides is 1. The minimum Gasteiger partial charge on any atom is -0.356 e. The van der Waals surface area contributed by atoms with Crippen molar-refractivity contribution in [2.75, 3.05) is 6.54 Å². The molecule has 0 unspecified atom stereocenters. The molecule has 0 fully saturated rings. The molecule has 3 heterocycles. The second-order valence-corrected chi connectivity index (χ2v) is 10.1. The molecular formula is C21H24N6O4S2. The Bertz CT molecular complexity index is 1470. The fourth-order valence-corrected chi connectivity index (χ4v) is 5.01. The zero-order valence-electron chi connectivity index (χ0n) is 18.0. The normalized spacial score (nSPS) is 11.9. The van der Waals surface area contributed by atoms with Crippen LogP contribution in [0.3, 0.4) is 0 Å². The number of carbonyl (C=O) groups is 1. The Morgan fingerprint density at radius 1 is 1.15 bits per heavy atom. The van der Waals surface area contributed by atoms with E-state index in [-0.39, 0.29) is 22.8 Å². The smallest absolute Gasteiger partial charge is 0.272 e. The number of thiophene rings is 1. The number of nitrogens with two attached hydrogens (primary N) is 1. The van der Waals surface area contributed by atoms with E-state index in [0.717, 1.165) is 17.5 Å². The summed E-state index contributed by atoms with van der Waals surface area (Å²) in [6.45, 7) is 2.96. The molecule has 0 radical (unpaired) electrons. The van der Waals surface area contributed by atoms with Gasteiger partial charge in [0.25, 0.3) is 5.56 Å². The van der Waals surface area contributed by atoms with Gasteiger partial charge in [-0.1, -0.05) is 19.1 Å². The van der Waals surface area contributed by atoms with Crippen LogP contribution in [0.1, 0.15) is 31.2 Å². The van der Waals surface area contributed by atoms with Gasteiger partial charge in [0.1, 0.15) is 10.5 Å². The molecular weight excluding hydrogens is 464 g/mol. The summed E-state index contributed by atoms with van der Waals surface area (Å²) in [6, 6.07) is 8.13. The first-order valence-electron chi connectivity index (χ1n) is 10.5. The highest BCUT2D eigenvalue weighted by Crippen LogP contribution is 2.20. The molecule has 0 aliphatic carbocycles. The third kappa shape index (κ3) is 4.82. The van der Waals surface area contributed by atoms with Gasteiger partial charge in [-0.15, -0.1) is 21.5 Å². The molecule has 3 aromatic heterocycles. The van der Waals surface area contributed by atoms with Crippen LogP contribution in [0.25, 0.3) is 16.0 Å². The minimum atomic E-state index is -3.72. The number of benzene rings is 1. The van der Waals surface area contributed by atoms with Gasteiger partial charge in [0.15, 0.2) is 0 Å². The number of amides is 1. The Labute approximate surface area is 194 Å². The summed E-state index contributed by atoms with van der Waals surface area (Å²) in [5.41, 5.74) is 1.58. The highest BCUT2D eigenvalue weighted by molar-refractivity contribution is 7.89. The molecule has 0 aliphatic rings. The molecule has 4 rings (SSSR count). The van der Waals surface area contributed by atoms with Crippen LogP contribution in [-0.2, 0) is 34.2 Å². The number of carbonyl (C=O) groups excluding carboxylic acids is 1. The maximum absolute atomic E-state index is 12.8. The number of hydrogen-bond donors (Lipinski definition) is 2. The van der Waals surface area contributed by atoms with Crippen LogP contribution in [-0.4, -0.2) is 40.0 Å². The van der Waals surface area contributed by atoms with Crippen LogP contribution in [0.2, 0.25) is 0 Å². The summed E-state index contributed by atoms with van der Waals surface area (Å²) in [7, 11) is -3.72. The second-order valence-electron chi connectivity index (χ2n) is 7.63. The van der Waals surface area contributed by atoms with E-state index in [0.29, 0.717) is 42.2 Å². The number of aryl methyl sites for hydroxylation is 2. The highest BCUT2D eigenvalue weighted by atomic mass is 32.2. The van der Waals surface area contributed by atoms with E-state index in [1.54, 1.807) is 16.7 Å². The van der Waals surface area contributed by atoms with Crippen LogP contribution >= 0.6 is 11.3 Å². The number of sulfonamides is 1. The first-order valence-corrected chi connectivity index (χ1v) is 12.9. The highest BCUT2D eigenvalue weighted by Gasteiger charge is 2.17. The average molecular weight is 489 g/mol. The molecule has 12 heteroatoms. The van der Waals surface area contributed by atoms with Crippen molar-refractivity contribution in [1.29, 1.82) is 0 Å². The van der Waals surface area contributed by atoms with Crippen molar-refractivity contribution < 1.29 is 13.2 Å². The van der Waals surface area contributed by atoms with Gasteiger partial charge in [0.2, 0.25) is 21.7 Å². The van der Waals surface area contributed by atoms with Crippen molar-refractivity contribution in [2.45, 2.75) is 44.0 Å². The number of fused-ring (bicyclic) bond motifs is 3. The lowest BCUT2D eigenvalue weighted by molar-refractivity contribution is -0.121. The molecule has 0 saturated heterocycles. The van der Waals surface area contributed by atoms with Crippen LogP contribution < -0.4 is 16.0 Å². The molecule has 3 N–H and O–H groups in total. The molecule has 33 heavy (non-hydrogen) atoms. The Balaban J connectivity index is 1.40. The van der Waals surface area contributed by atoms with Gasteiger partial charge < -0.3 is 5.32 Å². The number of nitrogens with one attached hydrogen (secondary N) is 1. The topological polar surface area (TPSA) is 141 Å². The molecule has 1 aromatic carbocycles. The van der Waals surface area contributed by atoms with Crippen LogP contribution in [0.4, 0.5) is 0 Å². The van der Waals surface area contributed by atoms with E-state index >= 15 is 0 Å². The van der Waals surface area contributed by atoms with Gasteiger partial charge >= 0.3 is 0 Å². The molecule has 0 bridgehead atoms. The van der Waals surface area contributed by atoms with E-state index in [1.807, 2.05) is 22.8 Å². The lowest BCUT2D eigenvalue weighted by Gasteiger charge is -2.08. The summed E-state index contributed by atoms with van der Waals surface area (Å²) in [5, 5.41) is 18.3. The van der Waals surface area contributed by atoms with Crippen molar-refractivity contribution in [1.82, 2.24) is 24.5 Å². The summed E-state index contributed by atoms with van der Waals surface area (Å²) in [5.74, 6) is 0.995. The third-order valence-electron chi connectivity index (χ3n) is 5.29. The van der Waals surface area contributed by atoms with Crippen molar-refractivity contribution in [2.24, 2.45) is 5.14 Å². The van der Waals surface area contributed by atoms with Crippen molar-refractivity contribution in [3.8, 4) is 0 Å². The fourth-order valence-electron chi connectivity index (χ4n) is 3.67. The van der Waals surface area contributed by atoms with Gasteiger partial charge in [-0.05, 0) is 42.0 Å². The van der Waals surface area contributed by atoms with Gasteiger partial charge in [0.05, 0.1) is 10.4 Å². The SMILES string of the molecule is CCCn1c(=O)c2sccc2n2c(CCC(=O)NCCc3ccc(S(N)(=O)=O)cc3)nnc12. The lowest BCUT2D eigenvalue weighted by Crippen LogP contribution is -2.26. The van der Waals surface area contributed by atoms with Gasteiger partial charge in [-0.3, -0.25) is 18.6 Å². The minimum absolute atomic E-state index is 0.0555. The molecule has 0 aliphatic heterocycles. The van der Waals surface area contributed by atoms with E-state index in [2.05, 4.69) is 15.5 Å². The Morgan fingerprint density at radius 3 is 2.61 bits per heavy atom. The van der Waals surface area contributed by atoms with Crippen molar-refractivity contribution in [3.05, 3.63) is 57.5 Å². The summed E-state index contributed by atoms with van der Waals surface area (Å²) < 4.78 is 26.8. The van der Waals surface area contributed by atoms with E-state index in [1.165, 1.54) is 23.5 Å². The van der Waals surface area contributed by atoms with Crippen molar-refractivity contribution in [3.63, 3.8) is 0 Å². The van der Waals surface area contributed by atoms with Gasteiger partial charge in [-0.2, -0.15) is 0 Å². The zero-order valence-corrected chi connectivity index (χ0v) is 19.7. The molecule has 0 atom stereocenters. The van der Waals surface area contributed by atoms with E-state index in [4.69, 9.17) is 5.14 Å². The maximum atomic E-state index is 12.8. The average Bonchev–Trinajstić information content (AvgIpc) is 3.42. The number of hydrogen-bond acceptors (Lipinski definition) is 7. The Kier molecular flexibility index (Phi) is 6.58. The lowest BCUT2D eigenvalue weighted by atomic mass is 10.1. The van der Waals surface area contributed by atoms with Crippen molar-refractivity contribution >= 4 is 43.3 Å². The Morgan fingerprint density at radius 2 is 1.91 bits per heavy atom. The fraction of sp³-hybridized carbons (Fsp3) is 0.333. The molecule has 4 aromatic rings. The van der Waals surface area contributed by atoms with Gasteiger partial charge in [-0.25, -0.2) is 13.6 Å². The number of aromatic nitrogens is 4. The summed E-state index contributed by atoms with van der Waals surface area (Å²) in [6.07, 6.45) is 1.96. The Hall–Kier alpha value is -3.09. The van der Waals surface area contributed by atoms with Crippen LogP contribution in [0.5, 0.6) is 0 Å². The van der Waals surface area contributed by atoms with Crippen LogP contribution in [0, 0.1) is 0 Å². The van der Waals surface area contributed by atoms with Crippen LogP contribution in [0.15, 0.2) is 45.4 Å². The molecule has 1 amide bonds. The first kappa shape index (κ1) is 23.1. The maximum Gasteiger partial charge on any atom is 0.272 e. The molecule has 174 valence electrons. The van der Waals surface area contributed by atoms with E-state index < -0.39 is 10.0 Å². The summed E-state index contributed by atoms with van der Waals surface area (Å²) in [4.78, 5) is 25.2. The second kappa shape index (κ2) is 9.41. The largest absolute Gasteiger partial charge is 0.356 e. The quantitative estimate of drug-likeness (QED) is 0.365. The first-order chi connectivity index (χ1) is 15.8. The standard InChI is InChI=1S/C21H24N6O4S2/c1-2-12-26-20(29)19-16(10-13-32-19)27-17(24-25-21(26)27)7-8-18(28)23-11-9-14-3-5-15(6-4-14)33(22,30)31/h3-6,10,13H,2,7-9,11-12H2,1H3,(H,23,28)(H2,22,30,31). The van der Waals surface area contributed by atoms with E-state index in [9.17, 15) is 18.0 Å². The zero-order chi connectivity index (χ0) is 23.6. The summed E-state index contributed by atoms with van der Waals surface area (Å²) >= 11 is 1.39. The predicted molar refractivity (Wildman–Crippen MR) is 126 cm³/mol. The van der Waals surface area contributed by atoms with Gasteiger partial charge in [0, 0.05) is 25.9 Å². The number of rotatable bonds is 9. The molecule has 0 saturated carbocycles. The number of nitrogens with zero attached hydrogens (tertiary/aromatic N) is 4.